The molecule has 1 saturated heterocycles. The van der Waals surface area contributed by atoms with Gasteiger partial charge in [-0.2, -0.15) is 0 Å². The number of nitrogens with zero attached hydrogens (tertiary/aromatic N) is 2. The van der Waals surface area contributed by atoms with E-state index in [0.717, 1.165) is 11.3 Å². The minimum absolute atomic E-state index is 0.00680. The Hall–Kier alpha value is -1.71. The van der Waals surface area contributed by atoms with Crippen LogP contribution in [0, 0.1) is 6.92 Å². The molecule has 0 aromatic carbocycles. The zero-order valence-corrected chi connectivity index (χ0v) is 8.56. The first-order chi connectivity index (χ1) is 7.15. The van der Waals surface area contributed by atoms with Crippen LogP contribution in [0.2, 0.25) is 0 Å². The predicted molar refractivity (Wildman–Crippen MR) is 54.0 cm³/mol. The minimum Gasteiger partial charge on any atom is -0.329 e. The van der Waals surface area contributed by atoms with E-state index in [1.807, 2.05) is 19.1 Å². The Morgan fingerprint density at radius 2 is 2.27 bits per heavy atom. The molecular formula is C11H12N2O2. The van der Waals surface area contributed by atoms with Crippen molar-refractivity contribution in [3.63, 3.8) is 0 Å². The first-order valence-electron chi connectivity index (χ1n) is 4.86. The van der Waals surface area contributed by atoms with Crippen molar-refractivity contribution in [2.24, 2.45) is 0 Å². The molecule has 4 nitrogen and oxygen atoms in total. The molecule has 15 heavy (non-hydrogen) atoms. The first-order valence-corrected chi connectivity index (χ1v) is 4.86. The lowest BCUT2D eigenvalue weighted by molar-refractivity contribution is -0.128. The van der Waals surface area contributed by atoms with Gasteiger partial charge in [0.1, 0.15) is 0 Å². The highest BCUT2D eigenvalue weighted by molar-refractivity contribution is 6.05. The van der Waals surface area contributed by atoms with Crippen LogP contribution >= 0.6 is 0 Å². The molecule has 78 valence electrons. The number of amides is 1. The van der Waals surface area contributed by atoms with Gasteiger partial charge in [0, 0.05) is 6.20 Å². The predicted octanol–water partition coefficient (Wildman–Crippen LogP) is 0.691. The number of aromatic nitrogens is 1. The number of ketones is 1. The van der Waals surface area contributed by atoms with E-state index in [-0.39, 0.29) is 24.7 Å². The van der Waals surface area contributed by atoms with Crippen molar-refractivity contribution >= 4 is 11.7 Å². The lowest BCUT2D eigenvalue weighted by Gasteiger charge is -2.13. The molecule has 2 rings (SSSR count). The van der Waals surface area contributed by atoms with Crippen LogP contribution < -0.4 is 0 Å². The maximum Gasteiger partial charge on any atom is 0.230 e. The highest BCUT2D eigenvalue weighted by atomic mass is 16.2. The van der Waals surface area contributed by atoms with Crippen LogP contribution in [0.15, 0.2) is 18.3 Å². The summed E-state index contributed by atoms with van der Waals surface area (Å²) < 4.78 is 0. The van der Waals surface area contributed by atoms with Crippen LogP contribution in [-0.4, -0.2) is 28.1 Å². The Bertz CT molecular complexity index is 415. The summed E-state index contributed by atoms with van der Waals surface area (Å²) in [7, 11) is 0. The molecule has 0 atom stereocenters. The van der Waals surface area contributed by atoms with Crippen LogP contribution in [-0.2, 0) is 16.1 Å². The fraction of sp³-hybridized carbons (Fsp3) is 0.364. The van der Waals surface area contributed by atoms with E-state index in [0.29, 0.717) is 6.54 Å². The molecule has 0 radical (unpaired) electrons. The van der Waals surface area contributed by atoms with Crippen molar-refractivity contribution in [3.8, 4) is 0 Å². The highest BCUT2D eigenvalue weighted by Gasteiger charge is 2.27. The van der Waals surface area contributed by atoms with Crippen LogP contribution in [0.5, 0.6) is 0 Å². The number of rotatable bonds is 2. The monoisotopic (exact) mass is 204 g/mol. The van der Waals surface area contributed by atoms with Gasteiger partial charge in [0.2, 0.25) is 5.91 Å². The summed E-state index contributed by atoms with van der Waals surface area (Å²) in [6.45, 7) is 2.64. The second-order valence-corrected chi connectivity index (χ2v) is 3.79. The Morgan fingerprint density at radius 1 is 1.47 bits per heavy atom. The Labute approximate surface area is 87.9 Å². The highest BCUT2D eigenvalue weighted by Crippen LogP contribution is 2.11. The smallest absolute Gasteiger partial charge is 0.230 e. The largest absolute Gasteiger partial charge is 0.329 e. The van der Waals surface area contributed by atoms with E-state index in [9.17, 15) is 9.59 Å². The quantitative estimate of drug-likeness (QED) is 0.666. The third kappa shape index (κ3) is 2.21. The standard InChI is InChI=1S/C11H12N2O2/c1-8-2-3-12-9(4-8)6-13-7-10(14)5-11(13)15/h2-4H,5-7H2,1H3. The number of pyridine rings is 1. The second kappa shape index (κ2) is 3.81. The Balaban J connectivity index is 2.09. The molecule has 0 unspecified atom stereocenters. The number of hydrogen-bond acceptors (Lipinski definition) is 3. The van der Waals surface area contributed by atoms with E-state index in [2.05, 4.69) is 4.98 Å². The summed E-state index contributed by atoms with van der Waals surface area (Å²) in [6, 6.07) is 3.83. The topological polar surface area (TPSA) is 50.3 Å². The normalized spacial score (nSPS) is 16.2. The Morgan fingerprint density at radius 3 is 2.87 bits per heavy atom. The van der Waals surface area contributed by atoms with Gasteiger partial charge in [-0.05, 0) is 24.6 Å². The third-order valence-corrected chi connectivity index (χ3v) is 2.39. The number of hydrogen-bond donors (Lipinski definition) is 0. The van der Waals surface area contributed by atoms with Gasteiger partial charge >= 0.3 is 0 Å². The molecule has 1 aliphatic rings. The second-order valence-electron chi connectivity index (χ2n) is 3.79. The lowest BCUT2D eigenvalue weighted by atomic mass is 10.2. The van der Waals surface area contributed by atoms with Gasteiger partial charge < -0.3 is 4.90 Å². The van der Waals surface area contributed by atoms with Gasteiger partial charge in [0.15, 0.2) is 5.78 Å². The SMILES string of the molecule is Cc1ccnc(CN2CC(=O)CC2=O)c1. The summed E-state index contributed by atoms with van der Waals surface area (Å²) in [5, 5.41) is 0. The molecule has 2 heterocycles. The molecular weight excluding hydrogens is 192 g/mol. The number of carbonyl (C=O) groups is 2. The zero-order chi connectivity index (χ0) is 10.8. The average Bonchev–Trinajstić information content (AvgIpc) is 2.45. The van der Waals surface area contributed by atoms with Crippen LogP contribution in [0.1, 0.15) is 17.7 Å². The maximum atomic E-state index is 11.4. The van der Waals surface area contributed by atoms with Crippen molar-refractivity contribution < 1.29 is 9.59 Å². The van der Waals surface area contributed by atoms with E-state index in [4.69, 9.17) is 0 Å². The summed E-state index contributed by atoms with van der Waals surface area (Å²) in [6.07, 6.45) is 1.76. The van der Waals surface area contributed by atoms with Crippen LogP contribution in [0.3, 0.4) is 0 Å². The number of aryl methyl sites for hydroxylation is 1. The van der Waals surface area contributed by atoms with E-state index in [1.54, 1.807) is 11.1 Å². The van der Waals surface area contributed by atoms with Gasteiger partial charge in [0.05, 0.1) is 25.2 Å². The summed E-state index contributed by atoms with van der Waals surface area (Å²) in [4.78, 5) is 28.1. The molecule has 0 saturated carbocycles. The number of likely N-dealkylation sites (tertiary alicyclic amines) is 1. The third-order valence-electron chi connectivity index (χ3n) is 2.39. The number of Topliss-reactive ketones (excluding diaryl/α,β-unsaturated/α-hetero) is 1. The molecule has 0 aliphatic carbocycles. The lowest BCUT2D eigenvalue weighted by Crippen LogP contribution is -2.25. The van der Waals surface area contributed by atoms with E-state index >= 15 is 0 Å². The fourth-order valence-corrected chi connectivity index (χ4v) is 1.66. The maximum absolute atomic E-state index is 11.4. The molecule has 1 fully saturated rings. The van der Waals surface area contributed by atoms with Gasteiger partial charge in [-0.15, -0.1) is 0 Å². The van der Waals surface area contributed by atoms with Gasteiger partial charge in [-0.1, -0.05) is 0 Å². The fourth-order valence-electron chi connectivity index (χ4n) is 1.66. The summed E-state index contributed by atoms with van der Waals surface area (Å²) >= 11 is 0. The van der Waals surface area contributed by atoms with Crippen LogP contribution in [0.4, 0.5) is 0 Å². The van der Waals surface area contributed by atoms with Gasteiger partial charge in [-0.25, -0.2) is 0 Å². The van der Waals surface area contributed by atoms with Crippen LogP contribution in [0.25, 0.3) is 0 Å². The van der Waals surface area contributed by atoms with Gasteiger partial charge in [-0.3, -0.25) is 14.6 Å². The first kappa shape index (κ1) is 9.83. The summed E-state index contributed by atoms with van der Waals surface area (Å²) in [5.41, 5.74) is 1.94. The molecule has 1 aromatic heterocycles. The van der Waals surface area contributed by atoms with E-state index < -0.39 is 0 Å². The van der Waals surface area contributed by atoms with Gasteiger partial charge in [0.25, 0.3) is 0 Å². The average molecular weight is 204 g/mol. The van der Waals surface area contributed by atoms with Crippen molar-refractivity contribution in [1.82, 2.24) is 9.88 Å². The molecule has 0 spiro atoms. The molecule has 1 amide bonds. The minimum atomic E-state index is -0.0942. The van der Waals surface area contributed by atoms with E-state index in [1.165, 1.54) is 0 Å². The molecule has 0 bridgehead atoms. The van der Waals surface area contributed by atoms with Crippen molar-refractivity contribution in [3.05, 3.63) is 29.6 Å². The zero-order valence-electron chi connectivity index (χ0n) is 8.56. The Kier molecular flexibility index (Phi) is 2.49. The van der Waals surface area contributed by atoms with Crippen molar-refractivity contribution in [1.29, 1.82) is 0 Å². The molecule has 0 N–H and O–H groups in total. The number of carbonyl (C=O) groups excluding carboxylic acids is 2. The summed E-state index contributed by atoms with van der Waals surface area (Å²) in [5.74, 6) is -0.101. The van der Waals surface area contributed by atoms with Crippen molar-refractivity contribution in [2.75, 3.05) is 6.54 Å². The molecule has 1 aliphatic heterocycles. The molecule has 1 aromatic rings. The van der Waals surface area contributed by atoms with Crippen molar-refractivity contribution in [2.45, 2.75) is 19.9 Å². The molecule has 4 heteroatoms.